The second kappa shape index (κ2) is 5.49. The molecule has 0 atom stereocenters. The van der Waals surface area contributed by atoms with Crippen molar-refractivity contribution in [1.29, 1.82) is 0 Å². The highest BCUT2D eigenvalue weighted by Crippen LogP contribution is 2.30. The van der Waals surface area contributed by atoms with Crippen molar-refractivity contribution in [3.63, 3.8) is 0 Å². The summed E-state index contributed by atoms with van der Waals surface area (Å²) >= 11 is 0. The van der Waals surface area contributed by atoms with E-state index in [0.717, 1.165) is 45.4 Å². The predicted octanol–water partition coefficient (Wildman–Crippen LogP) is 1.82. The largest absolute Gasteiger partial charge is 0.314 e. The highest BCUT2D eigenvalue weighted by molar-refractivity contribution is 5.82. The summed E-state index contributed by atoms with van der Waals surface area (Å²) in [7, 11) is 0. The van der Waals surface area contributed by atoms with Crippen LogP contribution in [0.4, 0.5) is 0 Å². The van der Waals surface area contributed by atoms with Crippen LogP contribution in [0.15, 0.2) is 0 Å². The van der Waals surface area contributed by atoms with Gasteiger partial charge in [0.15, 0.2) is 0 Å². The van der Waals surface area contributed by atoms with Gasteiger partial charge in [-0.3, -0.25) is 9.69 Å². The van der Waals surface area contributed by atoms with Crippen molar-refractivity contribution in [3.8, 4) is 0 Å². The molecule has 1 aliphatic carbocycles. The Bertz CT molecular complexity index is 263. The lowest BCUT2D eigenvalue weighted by Gasteiger charge is -2.41. The van der Waals surface area contributed by atoms with Gasteiger partial charge in [-0.05, 0) is 26.7 Å². The average Bonchev–Trinajstić information content (AvgIpc) is 2.83. The van der Waals surface area contributed by atoms with E-state index in [1.54, 1.807) is 0 Å². The maximum atomic E-state index is 12.3. The lowest BCUT2D eigenvalue weighted by molar-refractivity contribution is -0.125. The van der Waals surface area contributed by atoms with E-state index in [-0.39, 0.29) is 5.54 Å². The lowest BCUT2D eigenvalue weighted by Crippen LogP contribution is -2.54. The van der Waals surface area contributed by atoms with Gasteiger partial charge in [-0.15, -0.1) is 0 Å². The number of Topliss-reactive ketones (excluding diaryl/α,β-unsaturated/α-hetero) is 1. The molecule has 1 saturated carbocycles. The summed E-state index contributed by atoms with van der Waals surface area (Å²) in [5.74, 6) is 0.878. The molecule has 1 aliphatic heterocycles. The van der Waals surface area contributed by atoms with E-state index in [9.17, 15) is 4.79 Å². The third-order valence-corrected chi connectivity index (χ3v) is 4.39. The fourth-order valence-corrected chi connectivity index (χ4v) is 3.20. The van der Waals surface area contributed by atoms with Gasteiger partial charge in [0.25, 0.3) is 0 Å². The third-order valence-electron chi connectivity index (χ3n) is 4.39. The molecule has 1 heterocycles. The number of nitrogens with one attached hydrogen (secondary N) is 1. The number of hydrogen-bond acceptors (Lipinski definition) is 3. The molecule has 0 unspecified atom stereocenters. The van der Waals surface area contributed by atoms with Gasteiger partial charge in [0, 0.05) is 44.1 Å². The molecule has 0 amide bonds. The van der Waals surface area contributed by atoms with Crippen molar-refractivity contribution in [2.75, 3.05) is 26.2 Å². The van der Waals surface area contributed by atoms with Crippen molar-refractivity contribution >= 4 is 5.78 Å². The summed E-state index contributed by atoms with van der Waals surface area (Å²) in [4.78, 5) is 14.7. The standard InChI is InChI=1S/C14H26N2O/c1-14(2,16-9-7-15-8-10-16)11-13(17)12-5-3-4-6-12/h12,15H,3-11H2,1-2H3. The summed E-state index contributed by atoms with van der Waals surface area (Å²) < 4.78 is 0. The first-order valence-corrected chi connectivity index (χ1v) is 7.08. The normalized spacial score (nSPS) is 24.1. The second-order valence-electron chi connectivity index (χ2n) is 6.17. The second-order valence-corrected chi connectivity index (χ2v) is 6.17. The number of ketones is 1. The predicted molar refractivity (Wildman–Crippen MR) is 70.1 cm³/mol. The molecule has 0 bridgehead atoms. The molecule has 98 valence electrons. The molecule has 3 nitrogen and oxygen atoms in total. The van der Waals surface area contributed by atoms with Gasteiger partial charge in [-0.2, -0.15) is 0 Å². The molecule has 0 aromatic heterocycles. The number of hydrogen-bond donors (Lipinski definition) is 1. The smallest absolute Gasteiger partial charge is 0.137 e. The van der Waals surface area contributed by atoms with Gasteiger partial charge in [0.05, 0.1) is 0 Å². The summed E-state index contributed by atoms with van der Waals surface area (Å²) in [5, 5.41) is 3.37. The zero-order valence-electron chi connectivity index (χ0n) is 11.3. The molecule has 3 heteroatoms. The van der Waals surface area contributed by atoms with Crippen LogP contribution in [-0.4, -0.2) is 42.4 Å². The van der Waals surface area contributed by atoms with Crippen LogP contribution >= 0.6 is 0 Å². The van der Waals surface area contributed by atoms with Gasteiger partial charge in [0.2, 0.25) is 0 Å². The molecule has 0 aromatic carbocycles. The minimum atomic E-state index is 0.0434. The Balaban J connectivity index is 1.88. The van der Waals surface area contributed by atoms with Crippen LogP contribution in [0.1, 0.15) is 46.0 Å². The summed E-state index contributed by atoms with van der Waals surface area (Å²) in [6, 6.07) is 0. The molecule has 2 rings (SSSR count). The molecule has 1 N–H and O–H groups in total. The van der Waals surface area contributed by atoms with Crippen molar-refractivity contribution < 1.29 is 4.79 Å². The number of carbonyl (C=O) groups is 1. The molecular formula is C14H26N2O. The number of rotatable bonds is 4. The Morgan fingerprint density at radius 2 is 1.82 bits per heavy atom. The first-order chi connectivity index (χ1) is 8.09. The molecule has 0 aromatic rings. The molecule has 0 spiro atoms. The van der Waals surface area contributed by atoms with Crippen molar-refractivity contribution in [2.45, 2.75) is 51.5 Å². The van der Waals surface area contributed by atoms with E-state index in [1.165, 1.54) is 12.8 Å². The Morgan fingerprint density at radius 3 is 2.41 bits per heavy atom. The first kappa shape index (κ1) is 13.0. The Hall–Kier alpha value is -0.410. The topological polar surface area (TPSA) is 32.3 Å². The lowest BCUT2D eigenvalue weighted by atomic mass is 9.88. The van der Waals surface area contributed by atoms with Crippen LogP contribution in [0.2, 0.25) is 0 Å². The minimum absolute atomic E-state index is 0.0434. The van der Waals surface area contributed by atoms with Crippen LogP contribution in [0, 0.1) is 5.92 Å². The zero-order valence-corrected chi connectivity index (χ0v) is 11.3. The van der Waals surface area contributed by atoms with Crippen LogP contribution in [0.3, 0.4) is 0 Å². The maximum absolute atomic E-state index is 12.3. The average molecular weight is 238 g/mol. The number of piperazine rings is 1. The SMILES string of the molecule is CC(C)(CC(=O)C1CCCC1)N1CCNCC1. The van der Waals surface area contributed by atoms with Crippen LogP contribution in [-0.2, 0) is 4.79 Å². The highest BCUT2D eigenvalue weighted by Gasteiger charge is 2.33. The summed E-state index contributed by atoms with van der Waals surface area (Å²) in [6.45, 7) is 8.72. The Kier molecular flexibility index (Phi) is 4.21. The van der Waals surface area contributed by atoms with E-state index in [0.29, 0.717) is 11.7 Å². The van der Waals surface area contributed by atoms with E-state index >= 15 is 0 Å². The fourth-order valence-electron chi connectivity index (χ4n) is 3.20. The molecular weight excluding hydrogens is 212 g/mol. The van der Waals surface area contributed by atoms with E-state index in [4.69, 9.17) is 0 Å². The third kappa shape index (κ3) is 3.29. The zero-order chi connectivity index (χ0) is 12.3. The molecule has 17 heavy (non-hydrogen) atoms. The summed E-state index contributed by atoms with van der Waals surface area (Å²) in [6.07, 6.45) is 5.51. The molecule has 2 fully saturated rings. The fraction of sp³-hybridized carbons (Fsp3) is 0.929. The monoisotopic (exact) mass is 238 g/mol. The van der Waals surface area contributed by atoms with Crippen molar-refractivity contribution in [1.82, 2.24) is 10.2 Å². The maximum Gasteiger partial charge on any atom is 0.137 e. The quantitative estimate of drug-likeness (QED) is 0.811. The Morgan fingerprint density at radius 1 is 1.24 bits per heavy atom. The van der Waals surface area contributed by atoms with E-state index in [1.807, 2.05) is 0 Å². The highest BCUT2D eigenvalue weighted by atomic mass is 16.1. The molecule has 1 saturated heterocycles. The van der Waals surface area contributed by atoms with Crippen LogP contribution in [0.5, 0.6) is 0 Å². The first-order valence-electron chi connectivity index (χ1n) is 7.08. The molecule has 2 aliphatic rings. The Labute approximate surface area is 105 Å². The van der Waals surface area contributed by atoms with Crippen molar-refractivity contribution in [3.05, 3.63) is 0 Å². The van der Waals surface area contributed by atoms with Gasteiger partial charge in [0.1, 0.15) is 5.78 Å². The van der Waals surface area contributed by atoms with E-state index in [2.05, 4.69) is 24.1 Å². The van der Waals surface area contributed by atoms with E-state index < -0.39 is 0 Å². The van der Waals surface area contributed by atoms with Gasteiger partial charge >= 0.3 is 0 Å². The molecule has 0 radical (unpaired) electrons. The minimum Gasteiger partial charge on any atom is -0.314 e. The van der Waals surface area contributed by atoms with Crippen molar-refractivity contribution in [2.24, 2.45) is 5.92 Å². The van der Waals surface area contributed by atoms with Gasteiger partial charge in [-0.25, -0.2) is 0 Å². The summed E-state index contributed by atoms with van der Waals surface area (Å²) in [5.41, 5.74) is 0.0434. The number of nitrogens with zero attached hydrogens (tertiary/aromatic N) is 1. The van der Waals surface area contributed by atoms with Crippen LogP contribution in [0.25, 0.3) is 0 Å². The number of carbonyl (C=O) groups excluding carboxylic acids is 1. The van der Waals surface area contributed by atoms with Crippen LogP contribution < -0.4 is 5.32 Å². The van der Waals surface area contributed by atoms with Gasteiger partial charge < -0.3 is 5.32 Å². The van der Waals surface area contributed by atoms with Gasteiger partial charge in [-0.1, -0.05) is 12.8 Å².